The molecule has 94 valence electrons. The fraction of sp³-hybridized carbons (Fsp3) is 0.154. The van der Waals surface area contributed by atoms with Crippen LogP contribution in [0.15, 0.2) is 45.6 Å². The molecule has 0 radical (unpaired) electrons. The maximum Gasteiger partial charge on any atom is 0.0634 e. The molecule has 1 atom stereocenters. The third-order valence-electron chi connectivity index (χ3n) is 2.55. The van der Waals surface area contributed by atoms with Crippen LogP contribution >= 0.6 is 43.5 Å². The molecule has 0 spiro atoms. The highest BCUT2D eigenvalue weighted by Crippen LogP contribution is 2.36. The van der Waals surface area contributed by atoms with E-state index in [-0.39, 0.29) is 6.04 Å². The van der Waals surface area contributed by atoms with Crippen molar-refractivity contribution in [2.24, 2.45) is 0 Å². The van der Waals surface area contributed by atoms with E-state index in [4.69, 9.17) is 11.6 Å². The Kier molecular flexibility index (Phi) is 4.65. The Hall–Kier alpha value is -0.580. The van der Waals surface area contributed by atoms with Crippen molar-refractivity contribution in [3.63, 3.8) is 0 Å². The topological polar surface area (TPSA) is 24.9 Å². The maximum absolute atomic E-state index is 5.98. The maximum atomic E-state index is 5.98. The molecule has 0 aliphatic heterocycles. The van der Waals surface area contributed by atoms with Gasteiger partial charge < -0.3 is 5.32 Å². The lowest BCUT2D eigenvalue weighted by atomic mass is 10.1. The summed E-state index contributed by atoms with van der Waals surface area (Å²) in [5.41, 5.74) is 2.11. The molecule has 2 rings (SSSR count). The molecule has 1 heterocycles. The fourth-order valence-corrected chi connectivity index (χ4v) is 3.51. The van der Waals surface area contributed by atoms with Gasteiger partial charge in [-0.1, -0.05) is 17.7 Å². The molecule has 1 aromatic heterocycles. The number of nitrogens with zero attached hydrogens (tertiary/aromatic N) is 1. The molecule has 1 unspecified atom stereocenters. The zero-order valence-electron chi connectivity index (χ0n) is 9.62. The molecule has 2 aromatic rings. The molecular formula is C13H11Br2ClN2. The third-order valence-corrected chi connectivity index (χ3v) is 4.02. The largest absolute Gasteiger partial charge is 0.377 e. The Morgan fingerprint density at radius 3 is 2.50 bits per heavy atom. The Morgan fingerprint density at radius 1 is 1.28 bits per heavy atom. The number of halogens is 3. The molecule has 0 bridgehead atoms. The van der Waals surface area contributed by atoms with Crippen molar-refractivity contribution in [3.05, 3.63) is 56.2 Å². The van der Waals surface area contributed by atoms with Gasteiger partial charge in [-0.2, -0.15) is 0 Å². The van der Waals surface area contributed by atoms with Gasteiger partial charge in [0.1, 0.15) is 0 Å². The summed E-state index contributed by atoms with van der Waals surface area (Å²) in [6.45, 7) is 2.09. The number of nitrogens with one attached hydrogen (secondary N) is 1. The van der Waals surface area contributed by atoms with Gasteiger partial charge in [0.2, 0.25) is 0 Å². The standard InChI is InChI=1S/C13H11Br2ClN2/c1-8(9-3-2-4-17-7-9)18-13-11(14)5-10(16)6-12(13)15/h2-8,18H,1H3. The van der Waals surface area contributed by atoms with E-state index in [0.29, 0.717) is 5.02 Å². The first-order chi connectivity index (χ1) is 8.58. The average Bonchev–Trinajstić information content (AvgIpc) is 2.34. The molecule has 18 heavy (non-hydrogen) atoms. The Bertz CT molecular complexity index is 523. The van der Waals surface area contributed by atoms with E-state index in [0.717, 1.165) is 20.2 Å². The molecule has 2 nitrogen and oxygen atoms in total. The zero-order valence-corrected chi connectivity index (χ0v) is 13.6. The van der Waals surface area contributed by atoms with Gasteiger partial charge in [-0.25, -0.2) is 0 Å². The SMILES string of the molecule is CC(Nc1c(Br)cc(Cl)cc1Br)c1cccnc1. The van der Waals surface area contributed by atoms with Gasteiger partial charge >= 0.3 is 0 Å². The number of aromatic nitrogens is 1. The molecule has 1 aromatic carbocycles. The lowest BCUT2D eigenvalue weighted by Gasteiger charge is -2.18. The average molecular weight is 391 g/mol. The van der Waals surface area contributed by atoms with Gasteiger partial charge in [-0.05, 0) is 62.5 Å². The second-order valence-corrected chi connectivity index (χ2v) is 6.04. The van der Waals surface area contributed by atoms with Gasteiger partial charge in [-0.15, -0.1) is 0 Å². The highest BCUT2D eigenvalue weighted by molar-refractivity contribution is 9.11. The monoisotopic (exact) mass is 388 g/mol. The van der Waals surface area contributed by atoms with E-state index in [9.17, 15) is 0 Å². The first kappa shape index (κ1) is 13.8. The summed E-state index contributed by atoms with van der Waals surface area (Å²) in [6.07, 6.45) is 3.62. The molecule has 0 saturated heterocycles. The van der Waals surface area contributed by atoms with Crippen molar-refractivity contribution in [2.75, 3.05) is 5.32 Å². The van der Waals surface area contributed by atoms with Crippen LogP contribution in [0.1, 0.15) is 18.5 Å². The summed E-state index contributed by atoms with van der Waals surface area (Å²) in [6, 6.07) is 7.87. The van der Waals surface area contributed by atoms with Gasteiger partial charge in [0, 0.05) is 26.4 Å². The quantitative estimate of drug-likeness (QED) is 0.756. The first-order valence-electron chi connectivity index (χ1n) is 5.39. The number of pyridine rings is 1. The van der Waals surface area contributed by atoms with Crippen molar-refractivity contribution in [1.82, 2.24) is 4.98 Å². The van der Waals surface area contributed by atoms with E-state index < -0.39 is 0 Å². The van der Waals surface area contributed by atoms with Crippen LogP contribution < -0.4 is 5.32 Å². The Balaban J connectivity index is 2.25. The normalized spacial score (nSPS) is 12.2. The van der Waals surface area contributed by atoms with Crippen LogP contribution in [0.4, 0.5) is 5.69 Å². The second kappa shape index (κ2) is 6.04. The highest BCUT2D eigenvalue weighted by Gasteiger charge is 2.11. The predicted molar refractivity (Wildman–Crippen MR) is 83.1 cm³/mol. The molecule has 0 saturated carbocycles. The summed E-state index contributed by atoms with van der Waals surface area (Å²) in [7, 11) is 0. The van der Waals surface area contributed by atoms with Crippen molar-refractivity contribution in [3.8, 4) is 0 Å². The van der Waals surface area contributed by atoms with Crippen LogP contribution in [0.25, 0.3) is 0 Å². The Labute approximate surface area is 128 Å². The van der Waals surface area contributed by atoms with Crippen LogP contribution in [-0.4, -0.2) is 4.98 Å². The lowest BCUT2D eigenvalue weighted by molar-refractivity contribution is 0.873. The highest BCUT2D eigenvalue weighted by atomic mass is 79.9. The summed E-state index contributed by atoms with van der Waals surface area (Å²) in [5.74, 6) is 0. The van der Waals surface area contributed by atoms with Crippen molar-refractivity contribution in [1.29, 1.82) is 0 Å². The molecule has 0 aliphatic rings. The first-order valence-corrected chi connectivity index (χ1v) is 7.35. The van der Waals surface area contributed by atoms with Gasteiger partial charge in [-0.3, -0.25) is 4.98 Å². The van der Waals surface area contributed by atoms with E-state index in [1.165, 1.54) is 0 Å². The minimum absolute atomic E-state index is 0.160. The summed E-state index contributed by atoms with van der Waals surface area (Å²) >= 11 is 13.0. The molecule has 1 N–H and O–H groups in total. The molecular weight excluding hydrogens is 379 g/mol. The third kappa shape index (κ3) is 3.25. The zero-order chi connectivity index (χ0) is 13.1. The van der Waals surface area contributed by atoms with Gasteiger partial charge in [0.05, 0.1) is 11.7 Å². The van der Waals surface area contributed by atoms with Crippen molar-refractivity contribution < 1.29 is 0 Å². The number of hydrogen-bond acceptors (Lipinski definition) is 2. The van der Waals surface area contributed by atoms with Crippen LogP contribution in [-0.2, 0) is 0 Å². The van der Waals surface area contributed by atoms with E-state index in [1.807, 2.05) is 30.5 Å². The van der Waals surface area contributed by atoms with Crippen molar-refractivity contribution in [2.45, 2.75) is 13.0 Å². The van der Waals surface area contributed by atoms with Crippen molar-refractivity contribution >= 4 is 49.1 Å². The van der Waals surface area contributed by atoms with E-state index in [1.54, 1.807) is 6.20 Å². The smallest absolute Gasteiger partial charge is 0.0634 e. The summed E-state index contributed by atoms with van der Waals surface area (Å²) in [5, 5.41) is 4.12. The molecule has 0 aliphatic carbocycles. The summed E-state index contributed by atoms with van der Waals surface area (Å²) < 4.78 is 1.86. The predicted octanol–water partition coefficient (Wildman–Crippen LogP) is 5.43. The van der Waals surface area contributed by atoms with Crippen LogP contribution in [0, 0.1) is 0 Å². The van der Waals surface area contributed by atoms with Gasteiger partial charge in [0.25, 0.3) is 0 Å². The Morgan fingerprint density at radius 2 is 1.94 bits per heavy atom. The minimum Gasteiger partial charge on any atom is -0.377 e. The second-order valence-electron chi connectivity index (χ2n) is 3.90. The minimum atomic E-state index is 0.160. The fourth-order valence-electron chi connectivity index (χ4n) is 1.61. The molecule has 0 amide bonds. The van der Waals surface area contributed by atoms with Crippen LogP contribution in [0.3, 0.4) is 0 Å². The molecule has 0 fully saturated rings. The number of anilines is 1. The summed E-state index contributed by atoms with van der Waals surface area (Å²) in [4.78, 5) is 4.12. The molecule has 5 heteroatoms. The van der Waals surface area contributed by atoms with E-state index >= 15 is 0 Å². The van der Waals surface area contributed by atoms with E-state index in [2.05, 4.69) is 49.1 Å². The number of rotatable bonds is 3. The van der Waals surface area contributed by atoms with Crippen LogP contribution in [0.2, 0.25) is 5.02 Å². The lowest BCUT2D eigenvalue weighted by Crippen LogP contribution is -2.07. The number of benzene rings is 1. The number of hydrogen-bond donors (Lipinski definition) is 1. The van der Waals surface area contributed by atoms with Gasteiger partial charge in [0.15, 0.2) is 0 Å². The van der Waals surface area contributed by atoms with Crippen LogP contribution in [0.5, 0.6) is 0 Å².